The second kappa shape index (κ2) is 64.4. The predicted octanol–water partition coefficient (Wildman–Crippen LogP) is 10.9. The largest absolute Gasteiger partial charge is 0.382 e. The van der Waals surface area contributed by atoms with Crippen molar-refractivity contribution < 1.29 is 57.3 Å². The van der Waals surface area contributed by atoms with E-state index < -0.39 is 0 Å². The zero-order valence-corrected chi connectivity index (χ0v) is 62.6. The highest BCUT2D eigenvalue weighted by Crippen LogP contribution is 2.40. The minimum atomic E-state index is -0.0630. The fourth-order valence-corrected chi connectivity index (χ4v) is 16.3. The van der Waals surface area contributed by atoms with Crippen LogP contribution in [0.3, 0.4) is 0 Å². The Kier molecular flexibility index (Phi) is 62.2. The number of unbranched alkanes of at least 4 members (excludes halogenated alkanes) is 4. The third kappa shape index (κ3) is 57.8. The molecular formula is C67H124N6O12S7. The average molecular weight is 1430 g/mol. The number of thiol groups is 4. The van der Waals surface area contributed by atoms with Crippen molar-refractivity contribution in [1.82, 2.24) is 31.1 Å². The molecule has 2 aliphatic rings. The molecule has 0 aliphatic carbocycles. The second-order valence-corrected chi connectivity index (χ2v) is 30.7. The Hall–Kier alpha value is -1.23. The van der Waals surface area contributed by atoms with Crippen LogP contribution in [0.1, 0.15) is 212 Å². The van der Waals surface area contributed by atoms with Crippen molar-refractivity contribution >= 4 is 131 Å². The summed E-state index contributed by atoms with van der Waals surface area (Å²) in [5.41, 5.74) is 0. The molecule has 25 heteroatoms. The highest BCUT2D eigenvalue weighted by Gasteiger charge is 2.19. The van der Waals surface area contributed by atoms with Crippen LogP contribution in [0.15, 0.2) is 0 Å². The molecule has 0 spiro atoms. The topological polar surface area (TPSA) is 228 Å². The lowest BCUT2D eigenvalue weighted by molar-refractivity contribution is -0.123. The fourth-order valence-electron chi connectivity index (χ4n) is 10.3. The van der Waals surface area contributed by atoms with Gasteiger partial charge in [-0.25, -0.2) is 0 Å². The van der Waals surface area contributed by atoms with E-state index in [2.05, 4.69) is 93.3 Å². The number of carbonyl (C=O) groups is 8. The maximum absolute atomic E-state index is 12.6. The lowest BCUT2D eigenvalue weighted by atomic mass is 10.1. The molecular weight excluding hydrogens is 1310 g/mol. The molecule has 4 N–H and O–H groups in total. The van der Waals surface area contributed by atoms with Gasteiger partial charge in [-0.3, -0.25) is 38.4 Å². The van der Waals surface area contributed by atoms with Crippen LogP contribution < -0.4 is 21.3 Å². The second-order valence-electron chi connectivity index (χ2n) is 24.1. The van der Waals surface area contributed by atoms with Gasteiger partial charge in [0.1, 0.15) is 23.1 Å². The van der Waals surface area contributed by atoms with E-state index >= 15 is 0 Å². The standard InChI is InChI=1S/C34H61N3O6S3.C33H63N3O6S4/c1-42-25-26-43-24-23-37(21-16-30(39)11-7-19-35-33(40)15-5-4-12-31-14-8-27-44-31)22-17-34(41)36-20-6-10-29(38)9-2-3-13-32-18-28-45-46-32;1-41-24-25-42-23-22-36(20-14-29(38)10-7-18-34-32(39)13-5-4-12-31(46)17-27-44)21-15-33(40)35-19-6-9-28(37)8-2-3-11-30(45)16-26-43/h31-32H,2-28H2,1H3,(H,35,40)(H,36,41);30-31,43-46H,2-27H2,1H3,(H,34,39)(H,35,40). The number of methoxy groups -OCH3 is 2. The minimum Gasteiger partial charge on any atom is -0.382 e. The minimum absolute atomic E-state index is 0.0279. The monoisotopic (exact) mass is 1430 g/mol. The van der Waals surface area contributed by atoms with Crippen LogP contribution in [0.25, 0.3) is 0 Å². The maximum atomic E-state index is 12.6. The van der Waals surface area contributed by atoms with E-state index in [0.29, 0.717) is 224 Å². The number of hydrogen-bond donors (Lipinski definition) is 8. The smallest absolute Gasteiger partial charge is 0.221 e. The van der Waals surface area contributed by atoms with Crippen LogP contribution in [0.5, 0.6) is 0 Å². The summed E-state index contributed by atoms with van der Waals surface area (Å²) in [5, 5.41) is 14.0. The third-order valence-corrected chi connectivity index (χ3v) is 22.1. The van der Waals surface area contributed by atoms with Crippen molar-refractivity contribution in [2.24, 2.45) is 0 Å². The summed E-state index contributed by atoms with van der Waals surface area (Å²) in [5.74, 6) is 5.04. The molecule has 0 bridgehead atoms. The van der Waals surface area contributed by atoms with Crippen LogP contribution in [0, 0.1) is 0 Å². The summed E-state index contributed by atoms with van der Waals surface area (Å²) < 4.78 is 21.3. The van der Waals surface area contributed by atoms with Gasteiger partial charge < -0.3 is 50.0 Å². The first-order valence-electron chi connectivity index (χ1n) is 34.9. The first-order chi connectivity index (χ1) is 44.7. The molecule has 92 heavy (non-hydrogen) atoms. The SMILES string of the molecule is COCCOCCN(CCC(=O)CCCNC(=O)CCCCC(S)CCS)CCC(=O)NCCCC(=O)CCCCC(S)CCS.COCCOCCN(CCC(=O)CCCNC(=O)CCCCC1CCCS1)CCC(=O)NCCCC(=O)CCCCC1CCSS1. The van der Waals surface area contributed by atoms with Gasteiger partial charge in [-0.05, 0) is 126 Å². The molecule has 4 amide bonds. The Morgan fingerprint density at radius 2 is 0.793 bits per heavy atom. The lowest BCUT2D eigenvalue weighted by Gasteiger charge is -2.22. The number of carbonyl (C=O) groups excluding carboxylic acids is 8. The van der Waals surface area contributed by atoms with Crippen molar-refractivity contribution in [1.29, 1.82) is 0 Å². The summed E-state index contributed by atoms with van der Waals surface area (Å²) in [7, 11) is 7.22. The molecule has 4 unspecified atom stereocenters. The summed E-state index contributed by atoms with van der Waals surface area (Å²) in [6.45, 7) is 8.46. The maximum Gasteiger partial charge on any atom is 0.221 e. The quantitative estimate of drug-likeness (QED) is 0.0161. The Labute approximate surface area is 590 Å². The first-order valence-corrected chi connectivity index (χ1v) is 40.6. The molecule has 0 aromatic carbocycles. The normalized spacial score (nSPS) is 15.3. The summed E-state index contributed by atoms with van der Waals surface area (Å²) in [6.07, 6.45) is 26.3. The van der Waals surface area contributed by atoms with Crippen molar-refractivity contribution in [3.05, 3.63) is 0 Å². The number of nitrogens with one attached hydrogen (secondary N) is 4. The zero-order valence-electron chi connectivity index (χ0n) is 56.6. The first kappa shape index (κ1) is 88.8. The molecule has 0 aromatic heterocycles. The molecule has 2 fully saturated rings. The van der Waals surface area contributed by atoms with Gasteiger partial charge in [0.25, 0.3) is 0 Å². The number of Topliss-reactive ketones (excluding diaryl/α,β-unsaturated/α-hetero) is 4. The van der Waals surface area contributed by atoms with Gasteiger partial charge in [-0.2, -0.15) is 62.3 Å². The van der Waals surface area contributed by atoms with Crippen molar-refractivity contribution in [2.45, 2.75) is 233 Å². The fraction of sp³-hybridized carbons (Fsp3) is 0.881. The van der Waals surface area contributed by atoms with E-state index in [1.54, 1.807) is 14.2 Å². The van der Waals surface area contributed by atoms with Gasteiger partial charge in [0.2, 0.25) is 23.6 Å². The third-order valence-electron chi connectivity index (χ3n) is 16.0. The molecule has 18 nitrogen and oxygen atoms in total. The van der Waals surface area contributed by atoms with E-state index in [4.69, 9.17) is 18.9 Å². The molecule has 0 aromatic rings. The van der Waals surface area contributed by atoms with Crippen LogP contribution in [-0.2, 0) is 57.3 Å². The number of ketones is 4. The highest BCUT2D eigenvalue weighted by atomic mass is 33.1. The summed E-state index contributed by atoms with van der Waals surface area (Å²) in [4.78, 5) is 103. The van der Waals surface area contributed by atoms with Crippen LogP contribution >= 0.6 is 83.9 Å². The zero-order chi connectivity index (χ0) is 67.3. The predicted molar refractivity (Wildman–Crippen MR) is 396 cm³/mol. The number of nitrogens with zero attached hydrogens (tertiary/aromatic N) is 2. The van der Waals surface area contributed by atoms with Gasteiger partial charge in [-0.15, -0.1) is 0 Å². The number of ether oxygens (including phenoxy) is 4. The molecule has 0 radical (unpaired) electrons. The number of thioether (sulfide) groups is 1. The molecule has 2 saturated heterocycles. The van der Waals surface area contributed by atoms with Crippen LogP contribution in [0.2, 0.25) is 0 Å². The average Bonchev–Trinajstić information content (AvgIpc) is 4.30. The van der Waals surface area contributed by atoms with Gasteiger partial charge in [-0.1, -0.05) is 47.3 Å². The Balaban J connectivity index is 0.000000920. The van der Waals surface area contributed by atoms with Gasteiger partial charge in [0.05, 0.1) is 39.6 Å². The van der Waals surface area contributed by atoms with Gasteiger partial charge in [0, 0.05) is 183 Å². The molecule has 536 valence electrons. The van der Waals surface area contributed by atoms with Gasteiger partial charge >= 0.3 is 0 Å². The van der Waals surface area contributed by atoms with E-state index in [0.717, 1.165) is 99.1 Å². The number of hydrogen-bond acceptors (Lipinski definition) is 21. The van der Waals surface area contributed by atoms with Crippen molar-refractivity contribution in [3.63, 3.8) is 0 Å². The number of amides is 4. The number of rotatable bonds is 64. The molecule has 4 atom stereocenters. The molecule has 2 aliphatic heterocycles. The Morgan fingerprint density at radius 3 is 1.20 bits per heavy atom. The van der Waals surface area contributed by atoms with E-state index in [-0.39, 0.29) is 41.0 Å². The molecule has 0 saturated carbocycles. The van der Waals surface area contributed by atoms with Crippen molar-refractivity contribution in [3.8, 4) is 0 Å². The van der Waals surface area contributed by atoms with Gasteiger partial charge in [0.15, 0.2) is 0 Å². The Morgan fingerprint density at radius 1 is 0.413 bits per heavy atom. The van der Waals surface area contributed by atoms with Crippen LogP contribution in [0.4, 0.5) is 0 Å². The van der Waals surface area contributed by atoms with E-state index in [1.165, 1.54) is 43.6 Å². The van der Waals surface area contributed by atoms with Crippen molar-refractivity contribution in [2.75, 3.05) is 142 Å². The van der Waals surface area contributed by atoms with E-state index in [1.807, 2.05) is 21.6 Å². The van der Waals surface area contributed by atoms with Crippen LogP contribution in [-0.4, -0.2) is 220 Å². The summed E-state index contributed by atoms with van der Waals surface area (Å²) in [6, 6.07) is 0. The lowest BCUT2D eigenvalue weighted by Crippen LogP contribution is -2.35. The Bertz CT molecular complexity index is 1780. The molecule has 2 rings (SSSR count). The van der Waals surface area contributed by atoms with E-state index in [9.17, 15) is 38.4 Å². The summed E-state index contributed by atoms with van der Waals surface area (Å²) >= 11 is 19.6. The molecule has 2 heterocycles. The highest BCUT2D eigenvalue weighted by molar-refractivity contribution is 8.77.